The first kappa shape index (κ1) is 13.0. The molecule has 1 aromatic carbocycles. The van der Waals surface area contributed by atoms with Gasteiger partial charge in [0.1, 0.15) is 6.04 Å². The van der Waals surface area contributed by atoms with E-state index >= 15 is 0 Å². The standard InChI is InChI=1S/C12H16ClNO2/c1-7-9(5-4-6-10(7)13)8(2)11(14)12(15)16-3/h4-6,8,11H,14H2,1-3H3. The number of carbonyl (C=O) groups is 1. The van der Waals surface area contributed by atoms with Gasteiger partial charge in [0.2, 0.25) is 0 Å². The molecule has 0 amide bonds. The molecule has 2 atom stereocenters. The van der Waals surface area contributed by atoms with Crippen molar-refractivity contribution in [1.29, 1.82) is 0 Å². The van der Waals surface area contributed by atoms with Crippen LogP contribution in [0.4, 0.5) is 0 Å². The zero-order valence-electron chi connectivity index (χ0n) is 9.66. The van der Waals surface area contributed by atoms with Crippen molar-refractivity contribution in [1.82, 2.24) is 0 Å². The first-order chi connectivity index (χ1) is 7.49. The highest BCUT2D eigenvalue weighted by Gasteiger charge is 2.24. The van der Waals surface area contributed by atoms with Gasteiger partial charge in [-0.05, 0) is 24.1 Å². The quantitative estimate of drug-likeness (QED) is 0.826. The van der Waals surface area contributed by atoms with Crippen molar-refractivity contribution in [3.8, 4) is 0 Å². The van der Waals surface area contributed by atoms with E-state index in [1.165, 1.54) is 7.11 Å². The smallest absolute Gasteiger partial charge is 0.323 e. The summed E-state index contributed by atoms with van der Waals surface area (Å²) in [7, 11) is 1.33. The van der Waals surface area contributed by atoms with Crippen LogP contribution in [-0.2, 0) is 9.53 Å². The molecule has 88 valence electrons. The summed E-state index contributed by atoms with van der Waals surface area (Å²) in [6, 6.07) is 4.93. The maximum absolute atomic E-state index is 11.3. The van der Waals surface area contributed by atoms with Crippen molar-refractivity contribution < 1.29 is 9.53 Å². The van der Waals surface area contributed by atoms with E-state index in [-0.39, 0.29) is 5.92 Å². The summed E-state index contributed by atoms with van der Waals surface area (Å²) in [4.78, 5) is 11.3. The topological polar surface area (TPSA) is 52.3 Å². The molecule has 2 N–H and O–H groups in total. The Bertz CT molecular complexity index is 393. The molecule has 0 heterocycles. The summed E-state index contributed by atoms with van der Waals surface area (Å²) in [5.74, 6) is -0.530. The molecule has 0 saturated heterocycles. The van der Waals surface area contributed by atoms with Crippen molar-refractivity contribution in [3.63, 3.8) is 0 Å². The number of rotatable bonds is 3. The van der Waals surface area contributed by atoms with Gasteiger partial charge in [-0.2, -0.15) is 0 Å². The fourth-order valence-electron chi connectivity index (χ4n) is 1.65. The molecule has 0 bridgehead atoms. The number of esters is 1. The molecule has 0 aliphatic heterocycles. The lowest BCUT2D eigenvalue weighted by Gasteiger charge is -2.20. The fraction of sp³-hybridized carbons (Fsp3) is 0.417. The normalized spacial score (nSPS) is 14.3. The van der Waals surface area contributed by atoms with E-state index in [0.717, 1.165) is 11.1 Å². The number of nitrogens with two attached hydrogens (primary N) is 1. The number of hydrogen-bond donors (Lipinski definition) is 1. The predicted octanol–water partition coefficient (Wildman–Crippen LogP) is 2.25. The average molecular weight is 242 g/mol. The van der Waals surface area contributed by atoms with Crippen LogP contribution in [0, 0.1) is 6.92 Å². The molecule has 0 fully saturated rings. The third-order valence-electron chi connectivity index (χ3n) is 2.81. The van der Waals surface area contributed by atoms with Crippen molar-refractivity contribution in [2.45, 2.75) is 25.8 Å². The van der Waals surface area contributed by atoms with Crippen molar-refractivity contribution in [2.75, 3.05) is 7.11 Å². The number of halogens is 1. The first-order valence-corrected chi connectivity index (χ1v) is 5.45. The Hall–Kier alpha value is -1.06. The van der Waals surface area contributed by atoms with Gasteiger partial charge in [-0.3, -0.25) is 4.79 Å². The Morgan fingerprint density at radius 2 is 2.12 bits per heavy atom. The lowest BCUT2D eigenvalue weighted by Crippen LogP contribution is -2.36. The zero-order chi connectivity index (χ0) is 12.3. The van der Waals surface area contributed by atoms with E-state index in [9.17, 15) is 4.79 Å². The Balaban J connectivity index is 3.00. The van der Waals surface area contributed by atoms with Gasteiger partial charge in [0.15, 0.2) is 0 Å². The van der Waals surface area contributed by atoms with Gasteiger partial charge in [-0.1, -0.05) is 30.7 Å². The molecule has 0 aliphatic carbocycles. The third kappa shape index (κ3) is 2.54. The minimum Gasteiger partial charge on any atom is -0.468 e. The molecule has 3 nitrogen and oxygen atoms in total. The number of benzene rings is 1. The Kier molecular flexibility index (Phi) is 4.33. The van der Waals surface area contributed by atoms with Crippen molar-refractivity contribution in [2.24, 2.45) is 5.73 Å². The van der Waals surface area contributed by atoms with Gasteiger partial charge in [-0.15, -0.1) is 0 Å². The molecular formula is C12H16ClNO2. The zero-order valence-corrected chi connectivity index (χ0v) is 10.4. The maximum atomic E-state index is 11.3. The van der Waals surface area contributed by atoms with Gasteiger partial charge in [0, 0.05) is 10.9 Å². The number of methoxy groups -OCH3 is 1. The highest BCUT2D eigenvalue weighted by Crippen LogP contribution is 2.27. The van der Waals surface area contributed by atoms with Crippen LogP contribution in [0.1, 0.15) is 24.0 Å². The first-order valence-electron chi connectivity index (χ1n) is 5.07. The molecule has 0 radical (unpaired) electrons. The molecule has 2 unspecified atom stereocenters. The Labute approximate surface area is 101 Å². The summed E-state index contributed by atoms with van der Waals surface area (Å²) >= 11 is 6.02. The number of carbonyl (C=O) groups excluding carboxylic acids is 1. The van der Waals surface area contributed by atoms with Gasteiger partial charge >= 0.3 is 5.97 Å². The van der Waals surface area contributed by atoms with Crippen LogP contribution in [0.3, 0.4) is 0 Å². The molecule has 16 heavy (non-hydrogen) atoms. The van der Waals surface area contributed by atoms with Gasteiger partial charge in [-0.25, -0.2) is 0 Å². The van der Waals surface area contributed by atoms with Gasteiger partial charge < -0.3 is 10.5 Å². The molecule has 0 aromatic heterocycles. The summed E-state index contributed by atoms with van der Waals surface area (Å²) in [5.41, 5.74) is 7.74. The second-order valence-corrected chi connectivity index (χ2v) is 4.20. The molecular weight excluding hydrogens is 226 g/mol. The summed E-state index contributed by atoms with van der Waals surface area (Å²) in [6.45, 7) is 3.80. The van der Waals surface area contributed by atoms with E-state index in [2.05, 4.69) is 4.74 Å². The van der Waals surface area contributed by atoms with E-state index in [4.69, 9.17) is 17.3 Å². The van der Waals surface area contributed by atoms with Crippen LogP contribution in [0.2, 0.25) is 5.02 Å². The third-order valence-corrected chi connectivity index (χ3v) is 3.22. The van der Waals surface area contributed by atoms with Gasteiger partial charge in [0.25, 0.3) is 0 Å². The Morgan fingerprint density at radius 1 is 1.50 bits per heavy atom. The van der Waals surface area contributed by atoms with Crippen LogP contribution in [0.5, 0.6) is 0 Å². The lowest BCUT2D eigenvalue weighted by molar-refractivity contribution is -0.142. The van der Waals surface area contributed by atoms with E-state index in [0.29, 0.717) is 5.02 Å². The monoisotopic (exact) mass is 241 g/mol. The maximum Gasteiger partial charge on any atom is 0.323 e. The molecule has 1 aromatic rings. The summed E-state index contributed by atoms with van der Waals surface area (Å²) in [5, 5.41) is 0.682. The van der Waals surface area contributed by atoms with Crippen LogP contribution >= 0.6 is 11.6 Å². The molecule has 0 aliphatic rings. The molecule has 0 saturated carbocycles. The van der Waals surface area contributed by atoms with Crippen LogP contribution in [-0.4, -0.2) is 19.1 Å². The second kappa shape index (κ2) is 5.32. The predicted molar refractivity (Wildman–Crippen MR) is 64.6 cm³/mol. The molecule has 0 spiro atoms. The van der Waals surface area contributed by atoms with Crippen molar-refractivity contribution >= 4 is 17.6 Å². The lowest BCUT2D eigenvalue weighted by atomic mass is 9.90. The van der Waals surface area contributed by atoms with Crippen LogP contribution < -0.4 is 5.73 Å². The number of ether oxygens (including phenoxy) is 1. The van der Waals surface area contributed by atoms with Crippen molar-refractivity contribution in [3.05, 3.63) is 34.3 Å². The SMILES string of the molecule is COC(=O)C(N)C(C)c1cccc(Cl)c1C. The molecule has 1 rings (SSSR count). The minimum absolute atomic E-state index is 0.119. The highest BCUT2D eigenvalue weighted by atomic mass is 35.5. The van der Waals surface area contributed by atoms with E-state index in [1.807, 2.05) is 32.0 Å². The highest BCUT2D eigenvalue weighted by molar-refractivity contribution is 6.31. The van der Waals surface area contributed by atoms with Crippen LogP contribution in [0.15, 0.2) is 18.2 Å². The largest absolute Gasteiger partial charge is 0.468 e. The molecule has 4 heteroatoms. The average Bonchev–Trinajstić information content (AvgIpc) is 2.29. The fourth-order valence-corrected chi connectivity index (χ4v) is 1.83. The summed E-state index contributed by atoms with van der Waals surface area (Å²) in [6.07, 6.45) is 0. The Morgan fingerprint density at radius 3 is 2.69 bits per heavy atom. The minimum atomic E-state index is -0.665. The number of hydrogen-bond acceptors (Lipinski definition) is 3. The second-order valence-electron chi connectivity index (χ2n) is 3.79. The van der Waals surface area contributed by atoms with E-state index < -0.39 is 12.0 Å². The van der Waals surface area contributed by atoms with Gasteiger partial charge in [0.05, 0.1) is 7.11 Å². The van der Waals surface area contributed by atoms with Crippen LogP contribution in [0.25, 0.3) is 0 Å². The van der Waals surface area contributed by atoms with E-state index in [1.54, 1.807) is 0 Å². The summed E-state index contributed by atoms with van der Waals surface area (Å²) < 4.78 is 4.63.